The average Bonchev–Trinajstić information content (AvgIpc) is 2.58. The molecule has 0 fully saturated rings. The molecule has 18 heavy (non-hydrogen) atoms. The van der Waals surface area contributed by atoms with Crippen molar-refractivity contribution in [3.63, 3.8) is 0 Å². The summed E-state index contributed by atoms with van der Waals surface area (Å²) in [6.07, 6.45) is 0.288. The summed E-state index contributed by atoms with van der Waals surface area (Å²) in [6.45, 7) is 4.04. The quantitative estimate of drug-likeness (QED) is 0.860. The lowest BCUT2D eigenvalue weighted by Crippen LogP contribution is -2.24. The van der Waals surface area contributed by atoms with Gasteiger partial charge in [-0.05, 0) is 43.5 Å². The van der Waals surface area contributed by atoms with Crippen molar-refractivity contribution in [1.82, 2.24) is 0 Å². The summed E-state index contributed by atoms with van der Waals surface area (Å²) in [5.74, 6) is -0.0335. The molecule has 1 unspecified atom stereocenters. The standard InChI is InChI=1S/C14H18O4/c1-14(2)8-10-7-9(3-5-12(10)18-14)11(15)4-6-13(16)17/h3,5,7,11,15H,4,6,8H2,1-2H3,(H,16,17). The Bertz CT molecular complexity index is 465. The van der Waals surface area contributed by atoms with Crippen LogP contribution in [0.15, 0.2) is 18.2 Å². The zero-order valence-corrected chi connectivity index (χ0v) is 10.6. The van der Waals surface area contributed by atoms with E-state index >= 15 is 0 Å². The minimum atomic E-state index is -0.889. The van der Waals surface area contributed by atoms with Crippen molar-refractivity contribution in [1.29, 1.82) is 0 Å². The fourth-order valence-electron chi connectivity index (χ4n) is 2.26. The molecule has 0 saturated heterocycles. The van der Waals surface area contributed by atoms with E-state index in [1.54, 1.807) is 6.07 Å². The summed E-state index contributed by atoms with van der Waals surface area (Å²) >= 11 is 0. The lowest BCUT2D eigenvalue weighted by Gasteiger charge is -2.16. The van der Waals surface area contributed by atoms with Crippen molar-refractivity contribution < 1.29 is 19.7 Å². The third-order valence-corrected chi connectivity index (χ3v) is 3.10. The van der Waals surface area contributed by atoms with Crippen molar-refractivity contribution >= 4 is 5.97 Å². The molecule has 0 saturated carbocycles. The minimum Gasteiger partial charge on any atom is -0.487 e. The molecule has 1 atom stereocenters. The van der Waals surface area contributed by atoms with Crippen LogP contribution in [0, 0.1) is 0 Å². The maximum Gasteiger partial charge on any atom is 0.303 e. The largest absolute Gasteiger partial charge is 0.487 e. The van der Waals surface area contributed by atoms with E-state index < -0.39 is 12.1 Å². The molecule has 1 aromatic rings. The van der Waals surface area contributed by atoms with Gasteiger partial charge in [0.1, 0.15) is 11.4 Å². The second-order valence-corrected chi connectivity index (χ2v) is 5.35. The Morgan fingerprint density at radius 3 is 2.89 bits per heavy atom. The fourth-order valence-corrected chi connectivity index (χ4v) is 2.26. The molecule has 1 aromatic carbocycles. The molecule has 1 aliphatic heterocycles. The molecular formula is C14H18O4. The van der Waals surface area contributed by atoms with Crippen LogP contribution < -0.4 is 4.74 Å². The van der Waals surface area contributed by atoms with Gasteiger partial charge in [-0.2, -0.15) is 0 Å². The highest BCUT2D eigenvalue weighted by Crippen LogP contribution is 2.36. The Morgan fingerprint density at radius 1 is 1.50 bits per heavy atom. The lowest BCUT2D eigenvalue weighted by molar-refractivity contribution is -0.137. The van der Waals surface area contributed by atoms with Gasteiger partial charge in [0, 0.05) is 12.8 Å². The van der Waals surface area contributed by atoms with Crippen molar-refractivity contribution in [3.8, 4) is 5.75 Å². The second-order valence-electron chi connectivity index (χ2n) is 5.35. The Hall–Kier alpha value is -1.55. The van der Waals surface area contributed by atoms with Crippen LogP contribution in [0.4, 0.5) is 0 Å². The third kappa shape index (κ3) is 2.82. The smallest absolute Gasteiger partial charge is 0.303 e. The van der Waals surface area contributed by atoms with E-state index in [4.69, 9.17) is 9.84 Å². The fraction of sp³-hybridized carbons (Fsp3) is 0.500. The van der Waals surface area contributed by atoms with Crippen LogP contribution >= 0.6 is 0 Å². The van der Waals surface area contributed by atoms with Gasteiger partial charge in [0.25, 0.3) is 0 Å². The van der Waals surface area contributed by atoms with E-state index in [1.807, 2.05) is 26.0 Å². The third-order valence-electron chi connectivity index (χ3n) is 3.10. The molecule has 2 N–H and O–H groups in total. The molecule has 0 amide bonds. The number of carboxylic acids is 1. The molecule has 0 aliphatic carbocycles. The Labute approximate surface area is 106 Å². The van der Waals surface area contributed by atoms with Crippen LogP contribution in [0.25, 0.3) is 0 Å². The van der Waals surface area contributed by atoms with E-state index in [0.717, 1.165) is 23.3 Å². The van der Waals surface area contributed by atoms with Crippen molar-refractivity contribution in [2.24, 2.45) is 0 Å². The summed E-state index contributed by atoms with van der Waals surface area (Å²) in [7, 11) is 0. The van der Waals surface area contributed by atoms with Gasteiger partial charge in [-0.3, -0.25) is 4.79 Å². The predicted octanol–water partition coefficient (Wildman–Crippen LogP) is 2.30. The van der Waals surface area contributed by atoms with E-state index in [1.165, 1.54) is 0 Å². The summed E-state index contributed by atoms with van der Waals surface area (Å²) < 4.78 is 5.75. The molecule has 1 heterocycles. The van der Waals surface area contributed by atoms with Gasteiger partial charge in [0.05, 0.1) is 6.10 Å². The number of ether oxygens (including phenoxy) is 1. The predicted molar refractivity (Wildman–Crippen MR) is 66.7 cm³/mol. The highest BCUT2D eigenvalue weighted by atomic mass is 16.5. The highest BCUT2D eigenvalue weighted by molar-refractivity contribution is 5.66. The van der Waals surface area contributed by atoms with Gasteiger partial charge in [-0.1, -0.05) is 6.07 Å². The number of carbonyl (C=O) groups is 1. The molecule has 2 rings (SSSR count). The van der Waals surface area contributed by atoms with Gasteiger partial charge in [0.15, 0.2) is 0 Å². The van der Waals surface area contributed by atoms with Crippen LogP contribution in [-0.4, -0.2) is 21.8 Å². The first kappa shape index (κ1) is 12.9. The Kier molecular flexibility index (Phi) is 3.30. The first-order valence-electron chi connectivity index (χ1n) is 6.09. The van der Waals surface area contributed by atoms with Crippen molar-refractivity contribution in [2.45, 2.75) is 44.8 Å². The number of aliphatic hydroxyl groups excluding tert-OH is 1. The topological polar surface area (TPSA) is 66.8 Å². The normalized spacial score (nSPS) is 17.9. The number of benzene rings is 1. The van der Waals surface area contributed by atoms with Gasteiger partial charge in [0.2, 0.25) is 0 Å². The summed E-state index contributed by atoms with van der Waals surface area (Å²) in [4.78, 5) is 10.5. The zero-order valence-electron chi connectivity index (χ0n) is 10.6. The van der Waals surface area contributed by atoms with E-state index in [-0.39, 0.29) is 18.4 Å². The molecule has 4 nitrogen and oxygen atoms in total. The summed E-state index contributed by atoms with van der Waals surface area (Å²) in [6, 6.07) is 5.56. The first-order valence-corrected chi connectivity index (χ1v) is 6.09. The molecule has 0 spiro atoms. The van der Waals surface area contributed by atoms with E-state index in [9.17, 15) is 9.90 Å². The van der Waals surface area contributed by atoms with Gasteiger partial charge in [-0.25, -0.2) is 0 Å². The van der Waals surface area contributed by atoms with Crippen molar-refractivity contribution in [3.05, 3.63) is 29.3 Å². The maximum absolute atomic E-state index is 10.5. The summed E-state index contributed by atoms with van der Waals surface area (Å²) in [5.41, 5.74) is 1.63. The highest BCUT2D eigenvalue weighted by Gasteiger charge is 2.30. The SMILES string of the molecule is CC1(C)Cc2cc(C(O)CCC(=O)O)ccc2O1. The van der Waals surface area contributed by atoms with E-state index in [2.05, 4.69) is 0 Å². The Balaban J connectivity index is 2.11. The number of fused-ring (bicyclic) bond motifs is 1. The molecule has 98 valence electrons. The monoisotopic (exact) mass is 250 g/mol. The van der Waals surface area contributed by atoms with Gasteiger partial charge in [-0.15, -0.1) is 0 Å². The molecule has 0 radical (unpaired) electrons. The second kappa shape index (κ2) is 4.61. The number of hydrogen-bond acceptors (Lipinski definition) is 3. The molecule has 0 aromatic heterocycles. The molecule has 0 bridgehead atoms. The van der Waals surface area contributed by atoms with Crippen LogP contribution in [-0.2, 0) is 11.2 Å². The number of carboxylic acid groups (broad SMARTS) is 1. The van der Waals surface area contributed by atoms with Gasteiger partial charge < -0.3 is 14.9 Å². The van der Waals surface area contributed by atoms with E-state index in [0.29, 0.717) is 0 Å². The van der Waals surface area contributed by atoms with Crippen LogP contribution in [0.1, 0.15) is 43.9 Å². The average molecular weight is 250 g/mol. The number of hydrogen-bond donors (Lipinski definition) is 2. The molecule has 4 heteroatoms. The number of rotatable bonds is 4. The van der Waals surface area contributed by atoms with Crippen LogP contribution in [0.2, 0.25) is 0 Å². The Morgan fingerprint density at radius 2 is 2.22 bits per heavy atom. The zero-order chi connectivity index (χ0) is 13.3. The maximum atomic E-state index is 10.5. The van der Waals surface area contributed by atoms with Gasteiger partial charge >= 0.3 is 5.97 Å². The van der Waals surface area contributed by atoms with Crippen LogP contribution in [0.5, 0.6) is 5.75 Å². The lowest BCUT2D eigenvalue weighted by atomic mass is 9.97. The van der Waals surface area contributed by atoms with Crippen LogP contribution in [0.3, 0.4) is 0 Å². The first-order chi connectivity index (χ1) is 8.37. The molecule has 1 aliphatic rings. The van der Waals surface area contributed by atoms with Crippen molar-refractivity contribution in [2.75, 3.05) is 0 Å². The summed E-state index contributed by atoms with van der Waals surface area (Å²) in [5, 5.41) is 18.5. The number of aliphatic carboxylic acids is 1. The number of aliphatic hydroxyl groups is 1. The minimum absolute atomic E-state index is 0.0275. The molecular weight excluding hydrogens is 232 g/mol.